The van der Waals surface area contributed by atoms with Crippen LogP contribution >= 0.6 is 11.6 Å². The number of nitrogens with zero attached hydrogens (tertiary/aromatic N) is 3. The highest BCUT2D eigenvalue weighted by atomic mass is 35.5. The summed E-state index contributed by atoms with van der Waals surface area (Å²) >= 11 is 6.27. The number of ether oxygens (including phenoxy) is 2. The average Bonchev–Trinajstić information content (AvgIpc) is 3.42. The highest BCUT2D eigenvalue weighted by Crippen LogP contribution is 2.40. The lowest BCUT2D eigenvalue weighted by atomic mass is 9.86. The second kappa shape index (κ2) is 11.6. The van der Waals surface area contributed by atoms with Crippen LogP contribution in [0.15, 0.2) is 30.3 Å². The quantitative estimate of drug-likeness (QED) is 0.391. The molecule has 0 N–H and O–H groups in total. The van der Waals surface area contributed by atoms with Crippen molar-refractivity contribution >= 4 is 17.3 Å². The third-order valence-electron chi connectivity index (χ3n) is 8.66. The van der Waals surface area contributed by atoms with Crippen molar-refractivity contribution in [2.24, 2.45) is 0 Å². The van der Waals surface area contributed by atoms with Gasteiger partial charge in [-0.25, -0.2) is 0 Å². The van der Waals surface area contributed by atoms with Gasteiger partial charge >= 0.3 is 0 Å². The third-order valence-corrected chi connectivity index (χ3v) is 8.97. The summed E-state index contributed by atoms with van der Waals surface area (Å²) in [7, 11) is 1.68. The van der Waals surface area contributed by atoms with E-state index in [4.69, 9.17) is 21.1 Å². The Balaban J connectivity index is 1.23. The van der Waals surface area contributed by atoms with Crippen molar-refractivity contribution in [3.63, 3.8) is 0 Å². The molecule has 3 aliphatic rings. The number of likely N-dealkylation sites (tertiary alicyclic amines) is 1. The molecule has 0 radical (unpaired) electrons. The van der Waals surface area contributed by atoms with E-state index < -0.39 is 0 Å². The van der Waals surface area contributed by atoms with Gasteiger partial charge in [-0.05, 0) is 100 Å². The maximum Gasteiger partial charge on any atom is 0.139 e. The number of methoxy groups -OCH3 is 1. The van der Waals surface area contributed by atoms with Crippen molar-refractivity contribution in [2.75, 3.05) is 57.9 Å². The van der Waals surface area contributed by atoms with Crippen LogP contribution in [0.3, 0.4) is 0 Å². The fourth-order valence-electron chi connectivity index (χ4n) is 6.47. The van der Waals surface area contributed by atoms with Gasteiger partial charge < -0.3 is 19.3 Å². The number of rotatable bonds is 8. The number of piperidine rings is 1. The van der Waals surface area contributed by atoms with Gasteiger partial charge in [0.15, 0.2) is 0 Å². The Morgan fingerprint density at radius 3 is 2.56 bits per heavy atom. The Morgan fingerprint density at radius 1 is 0.917 bits per heavy atom. The normalized spacial score (nSPS) is 23.1. The zero-order valence-corrected chi connectivity index (χ0v) is 23.0. The minimum Gasteiger partial charge on any atom is -0.495 e. The minimum absolute atomic E-state index is 0.494. The van der Waals surface area contributed by atoms with Gasteiger partial charge in [0.25, 0.3) is 0 Å². The largest absolute Gasteiger partial charge is 0.495 e. The number of anilines is 1. The molecule has 0 saturated carbocycles. The molecule has 0 aliphatic carbocycles. The van der Waals surface area contributed by atoms with E-state index in [1.54, 1.807) is 7.11 Å². The molecular formula is C30H42ClN3O2. The summed E-state index contributed by atoms with van der Waals surface area (Å²) in [5.74, 6) is 1.81. The Kier molecular flexibility index (Phi) is 8.29. The SMILES string of the molecule is COc1cc(N2CCN3[C@@H](CCC[C@@H]3c3ccc(OCCCN4CCCC4)c(C)c3C)C2)ccc1Cl. The van der Waals surface area contributed by atoms with Gasteiger partial charge in [0.1, 0.15) is 11.5 Å². The fourth-order valence-corrected chi connectivity index (χ4v) is 6.67. The summed E-state index contributed by atoms with van der Waals surface area (Å²) in [5, 5.41) is 0.669. The Labute approximate surface area is 222 Å². The molecule has 5 nitrogen and oxygen atoms in total. The third kappa shape index (κ3) is 5.49. The highest BCUT2D eigenvalue weighted by molar-refractivity contribution is 6.32. The van der Waals surface area contributed by atoms with E-state index in [0.717, 1.165) is 50.7 Å². The van der Waals surface area contributed by atoms with Crippen molar-refractivity contribution in [1.82, 2.24) is 9.80 Å². The second-order valence-electron chi connectivity index (χ2n) is 10.8. The highest BCUT2D eigenvalue weighted by Gasteiger charge is 2.36. The first-order valence-corrected chi connectivity index (χ1v) is 14.2. The molecule has 2 atom stereocenters. The average molecular weight is 512 g/mol. The maximum atomic E-state index is 6.27. The van der Waals surface area contributed by atoms with Crippen LogP contribution in [0.2, 0.25) is 5.02 Å². The molecule has 0 amide bonds. The molecule has 0 unspecified atom stereocenters. The molecule has 2 aromatic rings. The molecule has 0 spiro atoms. The van der Waals surface area contributed by atoms with Crippen LogP contribution in [0.4, 0.5) is 5.69 Å². The van der Waals surface area contributed by atoms with Gasteiger partial charge in [0, 0.05) is 50.0 Å². The van der Waals surface area contributed by atoms with Gasteiger partial charge in [0.05, 0.1) is 18.7 Å². The molecule has 0 bridgehead atoms. The van der Waals surface area contributed by atoms with Crippen molar-refractivity contribution in [3.8, 4) is 11.5 Å². The van der Waals surface area contributed by atoms with E-state index in [2.05, 4.69) is 52.8 Å². The van der Waals surface area contributed by atoms with Crippen LogP contribution < -0.4 is 14.4 Å². The predicted molar refractivity (Wildman–Crippen MR) is 149 cm³/mol. The molecule has 6 heteroatoms. The summed E-state index contributed by atoms with van der Waals surface area (Å²) in [5.41, 5.74) is 5.41. The Bertz CT molecular complexity index is 1040. The molecule has 3 saturated heterocycles. The summed E-state index contributed by atoms with van der Waals surface area (Å²) < 4.78 is 11.7. The number of halogens is 1. The van der Waals surface area contributed by atoms with Crippen LogP contribution in [0.1, 0.15) is 61.3 Å². The molecule has 196 valence electrons. The van der Waals surface area contributed by atoms with Crippen LogP contribution in [-0.4, -0.2) is 68.8 Å². The molecular weight excluding hydrogens is 470 g/mol. The fraction of sp³-hybridized carbons (Fsp3) is 0.600. The Morgan fingerprint density at radius 2 is 1.75 bits per heavy atom. The topological polar surface area (TPSA) is 28.2 Å². The van der Waals surface area contributed by atoms with Gasteiger partial charge in [-0.15, -0.1) is 0 Å². The van der Waals surface area contributed by atoms with E-state index in [0.29, 0.717) is 17.1 Å². The first-order valence-electron chi connectivity index (χ1n) is 13.8. The second-order valence-corrected chi connectivity index (χ2v) is 11.2. The molecule has 0 aromatic heterocycles. The standard InChI is InChI=1S/C30H42ClN3O2/c1-22-23(2)29(36-19-7-16-32-14-4-5-15-32)13-11-26(22)28-9-6-8-25-21-33(17-18-34(25)28)24-10-12-27(31)30(20-24)35-3/h10-13,20,25,28H,4-9,14-19,21H2,1-3H3/t25-,28+/m0/s1. The lowest BCUT2D eigenvalue weighted by Crippen LogP contribution is -2.56. The first-order chi connectivity index (χ1) is 17.5. The maximum absolute atomic E-state index is 6.27. The number of hydrogen-bond donors (Lipinski definition) is 0. The molecule has 2 aromatic carbocycles. The van der Waals surface area contributed by atoms with Crippen molar-refractivity contribution < 1.29 is 9.47 Å². The van der Waals surface area contributed by atoms with E-state index in [-0.39, 0.29) is 0 Å². The number of hydrogen-bond acceptors (Lipinski definition) is 5. The zero-order chi connectivity index (χ0) is 25.1. The summed E-state index contributed by atoms with van der Waals surface area (Å²) in [4.78, 5) is 7.83. The van der Waals surface area contributed by atoms with Gasteiger partial charge in [-0.2, -0.15) is 0 Å². The monoisotopic (exact) mass is 511 g/mol. The van der Waals surface area contributed by atoms with E-state index >= 15 is 0 Å². The molecule has 3 fully saturated rings. The van der Waals surface area contributed by atoms with E-state index in [1.807, 2.05) is 6.07 Å². The minimum atomic E-state index is 0.494. The van der Waals surface area contributed by atoms with Crippen LogP contribution in [0.25, 0.3) is 0 Å². The van der Waals surface area contributed by atoms with Crippen LogP contribution in [0, 0.1) is 13.8 Å². The molecule has 5 rings (SSSR count). The van der Waals surface area contributed by atoms with Crippen molar-refractivity contribution in [3.05, 3.63) is 52.0 Å². The van der Waals surface area contributed by atoms with Crippen molar-refractivity contribution in [1.29, 1.82) is 0 Å². The summed E-state index contributed by atoms with van der Waals surface area (Å²) in [6.45, 7) is 12.2. The molecule has 3 aliphatic heterocycles. The van der Waals surface area contributed by atoms with Gasteiger partial charge in [-0.3, -0.25) is 4.90 Å². The lowest BCUT2D eigenvalue weighted by Gasteiger charge is -2.49. The molecule has 3 heterocycles. The van der Waals surface area contributed by atoms with Crippen LogP contribution in [-0.2, 0) is 0 Å². The van der Waals surface area contributed by atoms with E-state index in [9.17, 15) is 0 Å². The van der Waals surface area contributed by atoms with Gasteiger partial charge in [-0.1, -0.05) is 17.7 Å². The number of fused-ring (bicyclic) bond motifs is 1. The van der Waals surface area contributed by atoms with E-state index in [1.165, 1.54) is 67.6 Å². The van der Waals surface area contributed by atoms with Crippen molar-refractivity contribution in [2.45, 2.75) is 64.5 Å². The first kappa shape index (κ1) is 25.7. The number of benzene rings is 2. The lowest BCUT2D eigenvalue weighted by molar-refractivity contribution is 0.0712. The van der Waals surface area contributed by atoms with Gasteiger partial charge in [0.2, 0.25) is 0 Å². The summed E-state index contributed by atoms with van der Waals surface area (Å²) in [6, 6.07) is 11.8. The Hall–Kier alpha value is -1.95. The predicted octanol–water partition coefficient (Wildman–Crippen LogP) is 6.25. The van der Waals surface area contributed by atoms with Crippen LogP contribution in [0.5, 0.6) is 11.5 Å². The zero-order valence-electron chi connectivity index (χ0n) is 22.3. The molecule has 36 heavy (non-hydrogen) atoms. The smallest absolute Gasteiger partial charge is 0.139 e. The summed E-state index contributed by atoms with van der Waals surface area (Å²) in [6.07, 6.45) is 7.59. The number of piperazine rings is 1.